The minimum Gasteiger partial charge on any atom is -0.381 e. The lowest BCUT2D eigenvalue weighted by Gasteiger charge is -2.21. The fraction of sp³-hybridized carbons (Fsp3) is 0.591. The van der Waals surface area contributed by atoms with Gasteiger partial charge < -0.3 is 9.72 Å². The third-order valence-electron chi connectivity index (χ3n) is 6.47. The lowest BCUT2D eigenvalue weighted by molar-refractivity contribution is 0.0832. The smallest absolute Gasteiger partial charge is 0.276 e. The van der Waals surface area contributed by atoms with Crippen molar-refractivity contribution in [3.63, 3.8) is 0 Å². The van der Waals surface area contributed by atoms with Gasteiger partial charge in [-0.05, 0) is 38.7 Å². The molecule has 5 rings (SSSR count). The SMILES string of the molecule is Cc1cc(C)nc(CN2CC(C)C(c3nn4c(C5CCOCC5)ncc4c(=O)[nH]3)C2)n1. The minimum absolute atomic E-state index is 0.126. The van der Waals surface area contributed by atoms with Crippen molar-refractivity contribution in [3.05, 3.63) is 51.5 Å². The van der Waals surface area contributed by atoms with Crippen LogP contribution in [-0.2, 0) is 11.3 Å². The quantitative estimate of drug-likeness (QED) is 0.684. The second kappa shape index (κ2) is 8.12. The van der Waals surface area contributed by atoms with E-state index in [2.05, 4.69) is 31.8 Å². The number of ether oxygens (including phenoxy) is 1. The predicted molar refractivity (Wildman–Crippen MR) is 115 cm³/mol. The van der Waals surface area contributed by atoms with Crippen LogP contribution in [0, 0.1) is 19.8 Å². The molecule has 5 heterocycles. The molecule has 2 aliphatic heterocycles. The van der Waals surface area contributed by atoms with Gasteiger partial charge in [-0.15, -0.1) is 0 Å². The Morgan fingerprint density at radius 2 is 1.90 bits per heavy atom. The maximum absolute atomic E-state index is 12.8. The van der Waals surface area contributed by atoms with Crippen LogP contribution in [0.5, 0.6) is 0 Å². The highest BCUT2D eigenvalue weighted by Crippen LogP contribution is 2.31. The van der Waals surface area contributed by atoms with Crippen LogP contribution in [0.25, 0.3) is 5.52 Å². The average molecular weight is 424 g/mol. The molecule has 2 fully saturated rings. The van der Waals surface area contributed by atoms with Crippen LogP contribution in [0.15, 0.2) is 17.1 Å². The number of aryl methyl sites for hydroxylation is 2. The number of aromatic nitrogens is 6. The van der Waals surface area contributed by atoms with Crippen LogP contribution in [0.3, 0.4) is 0 Å². The molecule has 0 saturated carbocycles. The first-order valence-corrected chi connectivity index (χ1v) is 11.1. The van der Waals surface area contributed by atoms with Crippen molar-refractivity contribution in [2.45, 2.75) is 52.0 Å². The predicted octanol–water partition coefficient (Wildman–Crippen LogP) is 1.95. The molecule has 0 amide bonds. The highest BCUT2D eigenvalue weighted by Gasteiger charge is 2.34. The third-order valence-corrected chi connectivity index (χ3v) is 6.47. The average Bonchev–Trinajstić information content (AvgIpc) is 3.31. The summed E-state index contributed by atoms with van der Waals surface area (Å²) in [5.41, 5.74) is 2.36. The number of rotatable bonds is 4. The highest BCUT2D eigenvalue weighted by molar-refractivity contribution is 5.42. The Balaban J connectivity index is 1.41. The first-order valence-electron chi connectivity index (χ1n) is 11.1. The van der Waals surface area contributed by atoms with Gasteiger partial charge in [0, 0.05) is 49.5 Å². The van der Waals surface area contributed by atoms with Crippen molar-refractivity contribution in [2.24, 2.45) is 5.92 Å². The molecule has 0 aromatic carbocycles. The van der Waals surface area contributed by atoms with Crippen LogP contribution in [0.2, 0.25) is 0 Å². The molecule has 1 N–H and O–H groups in total. The van der Waals surface area contributed by atoms with Crippen molar-refractivity contribution in [1.29, 1.82) is 0 Å². The molecule has 2 atom stereocenters. The normalized spacial score (nSPS) is 23.1. The summed E-state index contributed by atoms with van der Waals surface area (Å²) in [5, 5.41) is 4.87. The van der Waals surface area contributed by atoms with Crippen LogP contribution < -0.4 is 5.56 Å². The molecule has 0 aliphatic carbocycles. The summed E-state index contributed by atoms with van der Waals surface area (Å²) in [6, 6.07) is 1.99. The number of likely N-dealkylation sites (tertiary alicyclic amines) is 1. The monoisotopic (exact) mass is 423 g/mol. The standard InChI is InChI=1S/C22H29N7O2/c1-13-10-28(12-19-24-14(2)8-15(3)25-19)11-17(13)20-26-22(30)18-9-23-21(29(18)27-20)16-4-6-31-7-5-16/h8-9,13,16-17H,4-7,10-12H2,1-3H3,(H,26,27,30). The van der Waals surface area contributed by atoms with Gasteiger partial charge in [0.05, 0.1) is 12.7 Å². The van der Waals surface area contributed by atoms with Crippen molar-refractivity contribution in [3.8, 4) is 0 Å². The van der Waals surface area contributed by atoms with Gasteiger partial charge in [-0.1, -0.05) is 6.92 Å². The van der Waals surface area contributed by atoms with E-state index in [0.717, 1.165) is 68.0 Å². The van der Waals surface area contributed by atoms with E-state index in [0.29, 0.717) is 18.0 Å². The van der Waals surface area contributed by atoms with Crippen molar-refractivity contribution >= 4 is 5.52 Å². The number of nitrogens with zero attached hydrogens (tertiary/aromatic N) is 6. The Kier molecular flexibility index (Phi) is 5.31. The first kappa shape index (κ1) is 20.3. The van der Waals surface area contributed by atoms with E-state index < -0.39 is 0 Å². The van der Waals surface area contributed by atoms with Gasteiger partial charge in [-0.2, -0.15) is 5.10 Å². The Labute approximate surface area is 180 Å². The van der Waals surface area contributed by atoms with E-state index in [4.69, 9.17) is 9.84 Å². The zero-order chi connectivity index (χ0) is 21.5. The number of nitrogens with one attached hydrogen (secondary N) is 1. The molecule has 0 bridgehead atoms. The number of hydrogen-bond donors (Lipinski definition) is 1. The summed E-state index contributed by atoms with van der Waals surface area (Å²) in [7, 11) is 0. The van der Waals surface area contributed by atoms with Crippen LogP contribution in [0.1, 0.15) is 60.5 Å². The van der Waals surface area contributed by atoms with Gasteiger partial charge in [0.15, 0.2) is 5.52 Å². The zero-order valence-corrected chi connectivity index (χ0v) is 18.3. The van der Waals surface area contributed by atoms with Gasteiger partial charge >= 0.3 is 0 Å². The van der Waals surface area contributed by atoms with Crippen LogP contribution >= 0.6 is 0 Å². The maximum atomic E-state index is 12.8. The summed E-state index contributed by atoms with van der Waals surface area (Å²) < 4.78 is 7.26. The van der Waals surface area contributed by atoms with E-state index in [1.807, 2.05) is 19.9 Å². The molecule has 2 aliphatic rings. The van der Waals surface area contributed by atoms with Crippen molar-refractivity contribution in [1.82, 2.24) is 34.4 Å². The largest absolute Gasteiger partial charge is 0.381 e. The summed E-state index contributed by atoms with van der Waals surface area (Å²) in [6.45, 7) is 10.1. The lowest BCUT2D eigenvalue weighted by atomic mass is 9.97. The summed E-state index contributed by atoms with van der Waals surface area (Å²) in [6.07, 6.45) is 3.46. The Bertz CT molecular complexity index is 1130. The number of aromatic amines is 1. The molecule has 3 aromatic rings. The van der Waals surface area contributed by atoms with Crippen LogP contribution in [-0.4, -0.2) is 60.8 Å². The Hall–Kier alpha value is -2.65. The number of imidazole rings is 1. The molecule has 0 radical (unpaired) electrons. The molecule has 2 unspecified atom stereocenters. The number of fused-ring (bicyclic) bond motifs is 1. The zero-order valence-electron chi connectivity index (χ0n) is 18.3. The molecule has 2 saturated heterocycles. The van der Waals surface area contributed by atoms with E-state index in [1.54, 1.807) is 10.7 Å². The fourth-order valence-electron chi connectivity index (χ4n) is 4.96. The van der Waals surface area contributed by atoms with E-state index >= 15 is 0 Å². The topological polar surface area (TPSA) is 101 Å². The Morgan fingerprint density at radius 1 is 1.16 bits per heavy atom. The second-order valence-electron chi connectivity index (χ2n) is 8.98. The van der Waals surface area contributed by atoms with E-state index in [-0.39, 0.29) is 17.4 Å². The van der Waals surface area contributed by atoms with E-state index in [1.165, 1.54) is 0 Å². The summed E-state index contributed by atoms with van der Waals surface area (Å²) >= 11 is 0. The Morgan fingerprint density at radius 3 is 2.65 bits per heavy atom. The van der Waals surface area contributed by atoms with Crippen LogP contribution in [0.4, 0.5) is 0 Å². The molecule has 164 valence electrons. The molecule has 31 heavy (non-hydrogen) atoms. The van der Waals surface area contributed by atoms with E-state index in [9.17, 15) is 4.79 Å². The molecule has 9 heteroatoms. The fourth-order valence-corrected chi connectivity index (χ4v) is 4.96. The molecular formula is C22H29N7O2. The first-order chi connectivity index (χ1) is 15.0. The lowest BCUT2D eigenvalue weighted by Crippen LogP contribution is -2.24. The summed E-state index contributed by atoms with van der Waals surface area (Å²) in [5.74, 6) is 3.24. The molecule has 0 spiro atoms. The molecular weight excluding hydrogens is 394 g/mol. The molecule has 9 nitrogen and oxygen atoms in total. The summed E-state index contributed by atoms with van der Waals surface area (Å²) in [4.78, 5) is 31.9. The van der Waals surface area contributed by atoms with Gasteiger partial charge in [-0.25, -0.2) is 19.5 Å². The van der Waals surface area contributed by atoms with Crippen molar-refractivity contribution in [2.75, 3.05) is 26.3 Å². The number of H-pyrrole nitrogens is 1. The maximum Gasteiger partial charge on any atom is 0.276 e. The van der Waals surface area contributed by atoms with Gasteiger partial charge in [0.2, 0.25) is 0 Å². The molecule has 3 aromatic heterocycles. The van der Waals surface area contributed by atoms with Gasteiger partial charge in [-0.3, -0.25) is 9.69 Å². The van der Waals surface area contributed by atoms with Gasteiger partial charge in [0.25, 0.3) is 5.56 Å². The third kappa shape index (κ3) is 3.99. The minimum atomic E-state index is -0.126. The van der Waals surface area contributed by atoms with Gasteiger partial charge in [0.1, 0.15) is 17.5 Å². The second-order valence-corrected chi connectivity index (χ2v) is 8.98. The number of hydrogen-bond acceptors (Lipinski definition) is 7. The highest BCUT2D eigenvalue weighted by atomic mass is 16.5. The van der Waals surface area contributed by atoms with Crippen molar-refractivity contribution < 1.29 is 4.74 Å².